The van der Waals surface area contributed by atoms with E-state index in [1.165, 1.54) is 0 Å². The Kier molecular flexibility index (Phi) is 5.23. The topological polar surface area (TPSA) is 38.3 Å². The molecule has 0 saturated heterocycles. The average Bonchev–Trinajstić information content (AvgIpc) is 2.50. The third-order valence-corrected chi connectivity index (χ3v) is 3.48. The van der Waals surface area contributed by atoms with Crippen LogP contribution in [0.4, 0.5) is 0 Å². The number of hydrogen-bond donors (Lipinski definition) is 1. The normalized spacial score (nSPS) is 13.3. The molecule has 1 N–H and O–H groups in total. The number of ether oxygens (including phenoxy) is 1. The Morgan fingerprint density at radius 1 is 1.05 bits per heavy atom. The van der Waals surface area contributed by atoms with Crippen LogP contribution in [0.3, 0.4) is 0 Å². The molecule has 3 nitrogen and oxygen atoms in total. The number of para-hydroxylation sites is 1. The maximum Gasteiger partial charge on any atom is 0.261 e. The standard InChI is InChI=1S/C17H18ClNO2/c1-12(14-8-4-3-5-9-14)19-17(20)13(2)21-16-11-7-6-10-15(16)18/h3-13H,1-2H3,(H,19,20)/t12-,13-/m1/s1. The van der Waals surface area contributed by atoms with Crippen molar-refractivity contribution in [2.75, 3.05) is 0 Å². The summed E-state index contributed by atoms with van der Waals surface area (Å²) in [5.74, 6) is 0.334. The summed E-state index contributed by atoms with van der Waals surface area (Å²) >= 11 is 6.02. The number of rotatable bonds is 5. The van der Waals surface area contributed by atoms with E-state index in [-0.39, 0.29) is 11.9 Å². The van der Waals surface area contributed by atoms with Crippen LogP contribution in [0.15, 0.2) is 54.6 Å². The van der Waals surface area contributed by atoms with Gasteiger partial charge in [0.15, 0.2) is 6.10 Å². The summed E-state index contributed by atoms with van der Waals surface area (Å²) in [7, 11) is 0. The predicted octanol–water partition coefficient (Wildman–Crippen LogP) is 3.98. The molecule has 0 spiro atoms. The summed E-state index contributed by atoms with van der Waals surface area (Å²) in [6, 6.07) is 16.8. The summed E-state index contributed by atoms with van der Waals surface area (Å²) in [4.78, 5) is 12.2. The predicted molar refractivity (Wildman–Crippen MR) is 84.5 cm³/mol. The largest absolute Gasteiger partial charge is 0.479 e. The number of benzene rings is 2. The lowest BCUT2D eigenvalue weighted by Gasteiger charge is -2.19. The Balaban J connectivity index is 1.95. The van der Waals surface area contributed by atoms with Crippen LogP contribution in [-0.4, -0.2) is 12.0 Å². The number of carbonyl (C=O) groups is 1. The molecule has 1 amide bonds. The third kappa shape index (κ3) is 4.23. The van der Waals surface area contributed by atoms with Gasteiger partial charge in [-0.05, 0) is 31.5 Å². The van der Waals surface area contributed by atoms with Crippen LogP contribution >= 0.6 is 11.6 Å². The lowest BCUT2D eigenvalue weighted by atomic mass is 10.1. The molecule has 0 saturated carbocycles. The van der Waals surface area contributed by atoms with Crippen molar-refractivity contribution in [3.63, 3.8) is 0 Å². The first-order chi connectivity index (χ1) is 10.1. The number of carbonyl (C=O) groups excluding carboxylic acids is 1. The van der Waals surface area contributed by atoms with Gasteiger partial charge in [0.05, 0.1) is 11.1 Å². The zero-order valence-corrected chi connectivity index (χ0v) is 12.8. The molecule has 0 radical (unpaired) electrons. The highest BCUT2D eigenvalue weighted by Gasteiger charge is 2.18. The summed E-state index contributed by atoms with van der Waals surface area (Å²) in [6.07, 6.45) is -0.615. The molecule has 0 aliphatic rings. The minimum Gasteiger partial charge on any atom is -0.479 e. The van der Waals surface area contributed by atoms with Gasteiger partial charge in [0, 0.05) is 0 Å². The van der Waals surface area contributed by atoms with E-state index in [2.05, 4.69) is 5.32 Å². The Labute approximate surface area is 129 Å². The van der Waals surface area contributed by atoms with E-state index in [9.17, 15) is 4.79 Å². The third-order valence-electron chi connectivity index (χ3n) is 3.17. The molecule has 0 fully saturated rings. The lowest BCUT2D eigenvalue weighted by molar-refractivity contribution is -0.127. The zero-order valence-electron chi connectivity index (χ0n) is 12.0. The fourth-order valence-electron chi connectivity index (χ4n) is 1.94. The second-order valence-electron chi connectivity index (χ2n) is 4.83. The van der Waals surface area contributed by atoms with Crippen LogP contribution in [0.2, 0.25) is 5.02 Å². The van der Waals surface area contributed by atoms with Gasteiger partial charge in [-0.25, -0.2) is 0 Å². The maximum absolute atomic E-state index is 12.2. The van der Waals surface area contributed by atoms with Crippen molar-refractivity contribution in [1.82, 2.24) is 5.32 Å². The van der Waals surface area contributed by atoms with Gasteiger partial charge in [0.25, 0.3) is 5.91 Å². The molecule has 2 rings (SSSR count). The molecular weight excluding hydrogens is 286 g/mol. The highest BCUT2D eigenvalue weighted by molar-refractivity contribution is 6.32. The van der Waals surface area contributed by atoms with Crippen LogP contribution in [0.5, 0.6) is 5.75 Å². The Morgan fingerprint density at radius 3 is 2.33 bits per heavy atom. The molecule has 0 aliphatic heterocycles. The minimum absolute atomic E-state index is 0.0732. The van der Waals surface area contributed by atoms with Gasteiger partial charge in [-0.15, -0.1) is 0 Å². The molecule has 0 heterocycles. The van der Waals surface area contributed by atoms with E-state index in [0.717, 1.165) is 5.56 Å². The maximum atomic E-state index is 12.2. The van der Waals surface area contributed by atoms with E-state index in [1.807, 2.05) is 49.4 Å². The van der Waals surface area contributed by atoms with E-state index >= 15 is 0 Å². The van der Waals surface area contributed by atoms with Gasteiger partial charge in [-0.1, -0.05) is 54.1 Å². The van der Waals surface area contributed by atoms with Crippen LogP contribution < -0.4 is 10.1 Å². The summed E-state index contributed by atoms with van der Waals surface area (Å²) < 4.78 is 5.60. The van der Waals surface area contributed by atoms with E-state index in [1.54, 1.807) is 19.1 Å². The minimum atomic E-state index is -0.615. The summed E-state index contributed by atoms with van der Waals surface area (Å²) in [5.41, 5.74) is 1.05. The number of nitrogens with one attached hydrogen (secondary N) is 1. The zero-order chi connectivity index (χ0) is 15.2. The molecule has 21 heavy (non-hydrogen) atoms. The number of halogens is 1. The SMILES string of the molecule is C[C@@H](Oc1ccccc1Cl)C(=O)N[C@H](C)c1ccccc1. The second-order valence-corrected chi connectivity index (χ2v) is 5.24. The van der Waals surface area contributed by atoms with Crippen molar-refractivity contribution in [2.45, 2.75) is 26.0 Å². The van der Waals surface area contributed by atoms with Crippen molar-refractivity contribution >= 4 is 17.5 Å². The number of hydrogen-bond acceptors (Lipinski definition) is 2. The van der Waals surface area contributed by atoms with Gasteiger partial charge in [-0.2, -0.15) is 0 Å². The van der Waals surface area contributed by atoms with Crippen molar-refractivity contribution in [3.8, 4) is 5.75 Å². The molecule has 0 aliphatic carbocycles. The van der Waals surface area contributed by atoms with Crippen LogP contribution in [0.25, 0.3) is 0 Å². The first-order valence-electron chi connectivity index (χ1n) is 6.84. The molecule has 2 aromatic carbocycles. The van der Waals surface area contributed by atoms with Gasteiger partial charge in [0.1, 0.15) is 5.75 Å². The first-order valence-corrected chi connectivity index (χ1v) is 7.22. The lowest BCUT2D eigenvalue weighted by Crippen LogP contribution is -2.37. The molecule has 0 aromatic heterocycles. The van der Waals surface area contributed by atoms with Crippen molar-refractivity contribution in [2.24, 2.45) is 0 Å². The highest BCUT2D eigenvalue weighted by Crippen LogP contribution is 2.24. The molecule has 0 unspecified atom stereocenters. The van der Waals surface area contributed by atoms with Gasteiger partial charge in [-0.3, -0.25) is 4.79 Å². The molecule has 110 valence electrons. The Bertz CT molecular complexity index is 601. The van der Waals surface area contributed by atoms with E-state index in [4.69, 9.17) is 16.3 Å². The van der Waals surface area contributed by atoms with Gasteiger partial charge in [0.2, 0.25) is 0 Å². The van der Waals surface area contributed by atoms with Crippen molar-refractivity contribution in [3.05, 3.63) is 65.2 Å². The summed E-state index contributed by atoms with van der Waals surface area (Å²) in [6.45, 7) is 3.64. The number of amides is 1. The molecule has 2 aromatic rings. The van der Waals surface area contributed by atoms with E-state index < -0.39 is 6.10 Å². The monoisotopic (exact) mass is 303 g/mol. The molecule has 4 heteroatoms. The van der Waals surface area contributed by atoms with Gasteiger partial charge >= 0.3 is 0 Å². The average molecular weight is 304 g/mol. The molecular formula is C17H18ClNO2. The van der Waals surface area contributed by atoms with Crippen LogP contribution in [0, 0.1) is 0 Å². The van der Waals surface area contributed by atoms with Crippen LogP contribution in [-0.2, 0) is 4.79 Å². The molecule has 0 bridgehead atoms. The van der Waals surface area contributed by atoms with Crippen molar-refractivity contribution in [1.29, 1.82) is 0 Å². The van der Waals surface area contributed by atoms with E-state index in [0.29, 0.717) is 10.8 Å². The fourth-order valence-corrected chi connectivity index (χ4v) is 2.12. The Hall–Kier alpha value is -2.00. The van der Waals surface area contributed by atoms with Crippen molar-refractivity contribution < 1.29 is 9.53 Å². The smallest absolute Gasteiger partial charge is 0.261 e. The Morgan fingerprint density at radius 2 is 1.67 bits per heavy atom. The van der Waals surface area contributed by atoms with Crippen LogP contribution in [0.1, 0.15) is 25.5 Å². The highest BCUT2D eigenvalue weighted by atomic mass is 35.5. The quantitative estimate of drug-likeness (QED) is 0.907. The fraction of sp³-hybridized carbons (Fsp3) is 0.235. The molecule has 2 atom stereocenters. The first kappa shape index (κ1) is 15.4. The second kappa shape index (κ2) is 7.14. The van der Waals surface area contributed by atoms with Gasteiger partial charge < -0.3 is 10.1 Å². The summed E-state index contributed by atoms with van der Waals surface area (Å²) in [5, 5.41) is 3.42.